The van der Waals surface area contributed by atoms with E-state index < -0.39 is 0 Å². The van der Waals surface area contributed by atoms with Crippen LogP contribution in [0.3, 0.4) is 0 Å². The lowest BCUT2D eigenvalue weighted by Gasteiger charge is -2.10. The van der Waals surface area contributed by atoms with Gasteiger partial charge in [-0.15, -0.1) is 11.3 Å². The van der Waals surface area contributed by atoms with Crippen molar-refractivity contribution in [1.29, 1.82) is 0 Å². The maximum absolute atomic E-state index is 12.3. The van der Waals surface area contributed by atoms with Crippen molar-refractivity contribution in [3.63, 3.8) is 0 Å². The van der Waals surface area contributed by atoms with E-state index in [9.17, 15) is 4.79 Å². The maximum Gasteiger partial charge on any atom is 0.171 e. The van der Waals surface area contributed by atoms with Crippen LogP contribution < -0.4 is 5.32 Å². The predicted octanol–water partition coefficient (Wildman–Crippen LogP) is 3.77. The summed E-state index contributed by atoms with van der Waals surface area (Å²) < 4.78 is 0. The van der Waals surface area contributed by atoms with Gasteiger partial charge in [-0.3, -0.25) is 4.79 Å². The number of fused-ring (bicyclic) bond motifs is 1. The van der Waals surface area contributed by atoms with E-state index in [0.29, 0.717) is 5.75 Å². The number of thioether (sulfide) groups is 1. The first-order chi connectivity index (χ1) is 11.8. The molecule has 122 valence electrons. The van der Waals surface area contributed by atoms with E-state index in [1.165, 1.54) is 11.8 Å². The molecule has 0 saturated carbocycles. The minimum absolute atomic E-state index is 0.0161. The van der Waals surface area contributed by atoms with Crippen molar-refractivity contribution in [3.05, 3.63) is 41.8 Å². The molecular weight excluding hydrogens is 338 g/mol. The van der Waals surface area contributed by atoms with E-state index in [2.05, 4.69) is 10.3 Å². The number of rotatable bonds is 5. The van der Waals surface area contributed by atoms with Gasteiger partial charge in [0, 0.05) is 5.39 Å². The second kappa shape index (κ2) is 7.01. The second-order valence-corrected chi connectivity index (χ2v) is 7.66. The number of ketones is 1. The van der Waals surface area contributed by atoms with Crippen LogP contribution in [0.2, 0.25) is 0 Å². The van der Waals surface area contributed by atoms with E-state index >= 15 is 0 Å². The molecule has 24 heavy (non-hydrogen) atoms. The zero-order valence-corrected chi connectivity index (χ0v) is 14.7. The SMILES string of the molecule is O=C(CSc1nc(-c2cccs2)nc2ccccc12)C1CCCN1. The highest BCUT2D eigenvalue weighted by atomic mass is 32.2. The van der Waals surface area contributed by atoms with Crippen LogP contribution >= 0.6 is 23.1 Å². The van der Waals surface area contributed by atoms with Gasteiger partial charge in [0.15, 0.2) is 11.6 Å². The minimum atomic E-state index is 0.0161. The van der Waals surface area contributed by atoms with Crippen LogP contribution in [0.25, 0.3) is 21.6 Å². The topological polar surface area (TPSA) is 54.9 Å². The number of thiophene rings is 1. The summed E-state index contributed by atoms with van der Waals surface area (Å²) in [5, 5.41) is 7.19. The molecule has 1 unspecified atom stereocenters. The Morgan fingerprint density at radius 1 is 1.25 bits per heavy atom. The number of carbonyl (C=O) groups excluding carboxylic acids is 1. The first-order valence-electron chi connectivity index (χ1n) is 8.01. The second-order valence-electron chi connectivity index (χ2n) is 5.75. The Labute approximate surface area is 148 Å². The van der Waals surface area contributed by atoms with E-state index in [1.54, 1.807) is 11.3 Å². The molecule has 0 aliphatic carbocycles. The Hall–Kier alpha value is -1.76. The summed E-state index contributed by atoms with van der Waals surface area (Å²) in [6, 6.07) is 12.0. The number of hydrogen-bond acceptors (Lipinski definition) is 6. The van der Waals surface area contributed by atoms with Crippen molar-refractivity contribution in [3.8, 4) is 10.7 Å². The number of aromatic nitrogens is 2. The molecule has 0 radical (unpaired) electrons. The Balaban J connectivity index is 1.64. The first kappa shape index (κ1) is 15.7. The van der Waals surface area contributed by atoms with Crippen LogP contribution in [0.5, 0.6) is 0 Å². The summed E-state index contributed by atoms with van der Waals surface area (Å²) in [6.07, 6.45) is 2.03. The summed E-state index contributed by atoms with van der Waals surface area (Å²) in [5.41, 5.74) is 0.921. The van der Waals surface area contributed by atoms with Crippen LogP contribution in [0.1, 0.15) is 12.8 Å². The summed E-state index contributed by atoms with van der Waals surface area (Å²) >= 11 is 3.15. The molecule has 2 aromatic heterocycles. The fourth-order valence-corrected chi connectivity index (χ4v) is 4.49. The van der Waals surface area contributed by atoms with Crippen molar-refractivity contribution in [2.75, 3.05) is 12.3 Å². The fraction of sp³-hybridized carbons (Fsp3) is 0.278. The van der Waals surface area contributed by atoms with Gasteiger partial charge < -0.3 is 5.32 Å². The monoisotopic (exact) mass is 355 g/mol. The number of Topliss-reactive ketones (excluding diaryl/α,β-unsaturated/α-hetero) is 1. The Bertz CT molecular complexity index is 858. The third-order valence-electron chi connectivity index (χ3n) is 4.11. The van der Waals surface area contributed by atoms with Gasteiger partial charge in [-0.25, -0.2) is 9.97 Å². The van der Waals surface area contributed by atoms with Gasteiger partial charge in [-0.1, -0.05) is 36.0 Å². The number of para-hydroxylation sites is 1. The number of nitrogens with one attached hydrogen (secondary N) is 1. The van der Waals surface area contributed by atoms with Crippen LogP contribution in [0.15, 0.2) is 46.8 Å². The molecule has 0 amide bonds. The standard InChI is InChI=1S/C18H17N3OS2/c22-15(14-7-3-9-19-14)11-24-18-12-5-1-2-6-13(12)20-17(21-18)16-8-4-10-23-16/h1-2,4-6,8,10,14,19H,3,7,9,11H2. The lowest BCUT2D eigenvalue weighted by molar-refractivity contribution is -0.118. The van der Waals surface area contributed by atoms with E-state index in [4.69, 9.17) is 4.98 Å². The predicted molar refractivity (Wildman–Crippen MR) is 99.6 cm³/mol. The van der Waals surface area contributed by atoms with E-state index in [1.807, 2.05) is 41.8 Å². The molecule has 4 nitrogen and oxygen atoms in total. The highest BCUT2D eigenvalue weighted by Crippen LogP contribution is 2.30. The van der Waals surface area contributed by atoms with E-state index in [0.717, 1.165) is 46.0 Å². The fourth-order valence-electron chi connectivity index (χ4n) is 2.87. The molecule has 1 saturated heterocycles. The van der Waals surface area contributed by atoms with Gasteiger partial charge in [0.1, 0.15) is 5.03 Å². The summed E-state index contributed by atoms with van der Waals surface area (Å²) in [6.45, 7) is 0.944. The van der Waals surface area contributed by atoms with Crippen LogP contribution in [0.4, 0.5) is 0 Å². The molecule has 4 rings (SSSR count). The van der Waals surface area contributed by atoms with Crippen molar-refractivity contribution >= 4 is 39.8 Å². The Morgan fingerprint density at radius 2 is 2.17 bits per heavy atom. The molecule has 1 aliphatic rings. The molecule has 3 heterocycles. The Morgan fingerprint density at radius 3 is 2.96 bits per heavy atom. The minimum Gasteiger partial charge on any atom is -0.307 e. The first-order valence-corrected chi connectivity index (χ1v) is 9.87. The highest BCUT2D eigenvalue weighted by molar-refractivity contribution is 8.00. The van der Waals surface area contributed by atoms with Crippen molar-refractivity contribution < 1.29 is 4.79 Å². The van der Waals surface area contributed by atoms with Gasteiger partial charge in [0.25, 0.3) is 0 Å². The summed E-state index contributed by atoms with van der Waals surface area (Å²) in [4.78, 5) is 22.8. The molecule has 1 N–H and O–H groups in total. The third kappa shape index (κ3) is 3.22. The average molecular weight is 355 g/mol. The number of nitrogens with zero attached hydrogens (tertiary/aromatic N) is 2. The summed E-state index contributed by atoms with van der Waals surface area (Å²) in [7, 11) is 0. The Kier molecular flexibility index (Phi) is 4.60. The lowest BCUT2D eigenvalue weighted by Crippen LogP contribution is -2.32. The van der Waals surface area contributed by atoms with Crippen LogP contribution in [0, 0.1) is 0 Å². The van der Waals surface area contributed by atoms with Crippen LogP contribution in [-0.2, 0) is 4.79 Å². The molecule has 3 aromatic rings. The maximum atomic E-state index is 12.3. The van der Waals surface area contributed by atoms with Crippen molar-refractivity contribution in [2.24, 2.45) is 0 Å². The summed E-state index contributed by atoms with van der Waals surface area (Å²) in [5.74, 6) is 1.44. The van der Waals surface area contributed by atoms with Crippen LogP contribution in [-0.4, -0.2) is 34.1 Å². The van der Waals surface area contributed by atoms with Gasteiger partial charge in [0.05, 0.1) is 22.2 Å². The molecule has 1 atom stereocenters. The van der Waals surface area contributed by atoms with Gasteiger partial charge in [0.2, 0.25) is 0 Å². The molecule has 0 bridgehead atoms. The molecule has 6 heteroatoms. The van der Waals surface area contributed by atoms with Gasteiger partial charge in [-0.05, 0) is 36.9 Å². The quantitative estimate of drug-likeness (QED) is 0.558. The number of hydrogen-bond donors (Lipinski definition) is 1. The lowest BCUT2D eigenvalue weighted by atomic mass is 10.2. The smallest absolute Gasteiger partial charge is 0.171 e. The van der Waals surface area contributed by atoms with Gasteiger partial charge >= 0.3 is 0 Å². The molecule has 1 aromatic carbocycles. The van der Waals surface area contributed by atoms with Crippen molar-refractivity contribution in [2.45, 2.75) is 23.9 Å². The van der Waals surface area contributed by atoms with E-state index in [-0.39, 0.29) is 11.8 Å². The number of benzene rings is 1. The molecule has 0 spiro atoms. The molecule has 1 aliphatic heterocycles. The highest BCUT2D eigenvalue weighted by Gasteiger charge is 2.22. The normalized spacial score (nSPS) is 17.4. The molecule has 1 fully saturated rings. The third-order valence-corrected chi connectivity index (χ3v) is 5.99. The van der Waals surface area contributed by atoms with Gasteiger partial charge in [-0.2, -0.15) is 0 Å². The largest absolute Gasteiger partial charge is 0.307 e. The zero-order chi connectivity index (χ0) is 16.4. The molecular formula is C18H17N3OS2. The average Bonchev–Trinajstić information content (AvgIpc) is 3.32. The number of carbonyl (C=O) groups is 1. The van der Waals surface area contributed by atoms with Crippen molar-refractivity contribution in [1.82, 2.24) is 15.3 Å². The zero-order valence-electron chi connectivity index (χ0n) is 13.1.